The fourth-order valence-corrected chi connectivity index (χ4v) is 2.99. The lowest BCUT2D eigenvalue weighted by Crippen LogP contribution is -2.27. The highest BCUT2D eigenvalue weighted by molar-refractivity contribution is 7.88. The van der Waals surface area contributed by atoms with E-state index in [1.54, 1.807) is 0 Å². The molecule has 0 spiro atoms. The Morgan fingerprint density at radius 2 is 1.90 bits per heavy atom. The molecule has 0 saturated carbocycles. The molecule has 1 rings (SSSR count). The summed E-state index contributed by atoms with van der Waals surface area (Å²) in [4.78, 5) is 10.4. The van der Waals surface area contributed by atoms with Crippen molar-refractivity contribution >= 4 is 16.0 Å². The van der Waals surface area contributed by atoms with Crippen LogP contribution in [-0.2, 0) is 20.6 Å². The van der Waals surface area contributed by atoms with E-state index in [1.807, 2.05) is 6.92 Å². The number of nitrogens with one attached hydrogen (secondary N) is 1. The summed E-state index contributed by atoms with van der Waals surface area (Å²) in [7, 11) is -3.46. The molecule has 1 atom stereocenters. The molecule has 0 radical (unpaired) electrons. The maximum absolute atomic E-state index is 12.7. The van der Waals surface area contributed by atoms with Crippen LogP contribution in [-0.4, -0.2) is 26.0 Å². The Balaban J connectivity index is 2.36. The molecule has 0 heterocycles. The van der Waals surface area contributed by atoms with Crippen LogP contribution >= 0.6 is 0 Å². The molecule has 1 aromatic rings. The molecule has 1 unspecified atom stereocenters. The minimum absolute atomic E-state index is 0.0868. The van der Waals surface area contributed by atoms with E-state index in [2.05, 4.69) is 4.72 Å². The van der Waals surface area contributed by atoms with Crippen LogP contribution in [0.3, 0.4) is 0 Å². The number of hydrogen-bond donors (Lipinski definition) is 2. The molecular weight excluding hydrogens is 297 g/mol. The van der Waals surface area contributed by atoms with Gasteiger partial charge in [0.05, 0.1) is 5.75 Å². The van der Waals surface area contributed by atoms with Crippen LogP contribution in [0.4, 0.5) is 4.39 Å². The zero-order valence-corrected chi connectivity index (χ0v) is 12.7. The summed E-state index contributed by atoms with van der Waals surface area (Å²) in [6.45, 7) is 2.15. The molecule has 5 nitrogen and oxygen atoms in total. The van der Waals surface area contributed by atoms with Gasteiger partial charge in [-0.25, -0.2) is 17.5 Å². The average Bonchev–Trinajstić information content (AvgIpc) is 2.38. The third kappa shape index (κ3) is 7.77. The molecule has 0 aliphatic carbocycles. The zero-order chi connectivity index (χ0) is 15.9. The van der Waals surface area contributed by atoms with Crippen LogP contribution in [0.1, 0.15) is 31.7 Å². The number of halogens is 1. The summed E-state index contributed by atoms with van der Waals surface area (Å²) in [5.74, 6) is -1.32. The van der Waals surface area contributed by atoms with Crippen molar-refractivity contribution in [1.82, 2.24) is 4.72 Å². The lowest BCUT2D eigenvalue weighted by atomic mass is 10.0. The molecule has 0 aliphatic heterocycles. The lowest BCUT2D eigenvalue weighted by Gasteiger charge is -2.11. The zero-order valence-electron chi connectivity index (χ0n) is 11.9. The van der Waals surface area contributed by atoms with Crippen LogP contribution in [0.15, 0.2) is 24.3 Å². The predicted octanol–water partition coefficient (Wildman–Crippen LogP) is 2.14. The van der Waals surface area contributed by atoms with Gasteiger partial charge in [-0.3, -0.25) is 4.79 Å². The van der Waals surface area contributed by atoms with E-state index in [4.69, 9.17) is 5.11 Å². The third-order valence-electron chi connectivity index (χ3n) is 3.08. The summed E-state index contributed by atoms with van der Waals surface area (Å²) in [5, 5.41) is 8.56. The van der Waals surface area contributed by atoms with Crippen molar-refractivity contribution in [3.05, 3.63) is 35.6 Å². The van der Waals surface area contributed by atoms with Gasteiger partial charge < -0.3 is 5.11 Å². The Morgan fingerprint density at radius 1 is 1.29 bits per heavy atom. The Labute approximate surface area is 124 Å². The van der Waals surface area contributed by atoms with E-state index in [1.165, 1.54) is 24.3 Å². The molecule has 2 N–H and O–H groups in total. The highest BCUT2D eigenvalue weighted by atomic mass is 32.2. The minimum atomic E-state index is -3.46. The normalized spacial score (nSPS) is 13.0. The molecule has 0 aromatic heterocycles. The van der Waals surface area contributed by atoms with Crippen molar-refractivity contribution in [3.63, 3.8) is 0 Å². The van der Waals surface area contributed by atoms with Gasteiger partial charge in [0.2, 0.25) is 10.0 Å². The Kier molecular flexibility index (Phi) is 6.77. The first kappa shape index (κ1) is 17.6. The number of carboxylic acid groups (broad SMARTS) is 1. The number of aliphatic carboxylic acids is 1. The van der Waals surface area contributed by atoms with Gasteiger partial charge in [-0.15, -0.1) is 0 Å². The van der Waals surface area contributed by atoms with Crippen LogP contribution < -0.4 is 4.72 Å². The lowest BCUT2D eigenvalue weighted by molar-refractivity contribution is -0.137. The van der Waals surface area contributed by atoms with Gasteiger partial charge in [0, 0.05) is 13.0 Å². The van der Waals surface area contributed by atoms with Crippen molar-refractivity contribution in [3.8, 4) is 0 Å². The first-order valence-corrected chi connectivity index (χ1v) is 8.37. The fraction of sp³-hybridized carbons (Fsp3) is 0.500. The summed E-state index contributed by atoms with van der Waals surface area (Å²) in [6, 6.07) is 5.31. The standard InChI is InChI=1S/C14H20FNO4S/c1-11(2-7-14(17)18)8-9-16-21(19,20)10-12-3-5-13(15)6-4-12/h3-6,11,16H,2,7-10H2,1H3,(H,17,18). The van der Waals surface area contributed by atoms with Crippen molar-refractivity contribution in [1.29, 1.82) is 0 Å². The van der Waals surface area contributed by atoms with E-state index < -0.39 is 21.8 Å². The van der Waals surface area contributed by atoms with E-state index >= 15 is 0 Å². The quantitative estimate of drug-likeness (QED) is 0.731. The summed E-state index contributed by atoms with van der Waals surface area (Å²) >= 11 is 0. The summed E-state index contributed by atoms with van der Waals surface area (Å²) in [5.41, 5.74) is 0.517. The largest absolute Gasteiger partial charge is 0.481 e. The van der Waals surface area contributed by atoms with Gasteiger partial charge >= 0.3 is 5.97 Å². The Bertz CT molecular complexity index is 557. The molecule has 0 amide bonds. The van der Waals surface area contributed by atoms with E-state index in [0.717, 1.165) is 0 Å². The van der Waals surface area contributed by atoms with Crippen LogP contribution in [0.25, 0.3) is 0 Å². The molecule has 0 saturated heterocycles. The average molecular weight is 317 g/mol. The smallest absolute Gasteiger partial charge is 0.303 e. The third-order valence-corrected chi connectivity index (χ3v) is 4.44. The molecular formula is C14H20FNO4S. The molecule has 0 aliphatic rings. The highest BCUT2D eigenvalue weighted by Gasteiger charge is 2.12. The first-order valence-electron chi connectivity index (χ1n) is 6.72. The number of carbonyl (C=O) groups is 1. The highest BCUT2D eigenvalue weighted by Crippen LogP contribution is 2.10. The van der Waals surface area contributed by atoms with E-state index in [9.17, 15) is 17.6 Å². The monoisotopic (exact) mass is 317 g/mol. The topological polar surface area (TPSA) is 83.5 Å². The molecule has 0 bridgehead atoms. The van der Waals surface area contributed by atoms with Crippen LogP contribution in [0.2, 0.25) is 0 Å². The predicted molar refractivity (Wildman–Crippen MR) is 77.7 cm³/mol. The van der Waals surface area contributed by atoms with Gasteiger partial charge in [-0.2, -0.15) is 0 Å². The second-order valence-electron chi connectivity index (χ2n) is 5.11. The molecule has 118 valence electrons. The molecule has 21 heavy (non-hydrogen) atoms. The fourth-order valence-electron chi connectivity index (χ4n) is 1.83. The van der Waals surface area contributed by atoms with Crippen molar-refractivity contribution in [2.45, 2.75) is 31.9 Å². The molecule has 0 fully saturated rings. The summed E-state index contributed by atoms with van der Waals surface area (Å²) in [6.07, 6.45) is 1.19. The van der Waals surface area contributed by atoms with Crippen molar-refractivity contribution < 1.29 is 22.7 Å². The SMILES string of the molecule is CC(CCNS(=O)(=O)Cc1ccc(F)cc1)CCC(=O)O. The number of sulfonamides is 1. The van der Waals surface area contributed by atoms with E-state index in [0.29, 0.717) is 18.4 Å². The van der Waals surface area contributed by atoms with Crippen molar-refractivity contribution in [2.24, 2.45) is 5.92 Å². The molecule has 7 heteroatoms. The number of benzene rings is 1. The van der Waals surface area contributed by atoms with Crippen LogP contribution in [0, 0.1) is 11.7 Å². The number of hydrogen-bond acceptors (Lipinski definition) is 3. The second-order valence-corrected chi connectivity index (χ2v) is 6.91. The van der Waals surface area contributed by atoms with Gasteiger partial charge in [0.15, 0.2) is 0 Å². The van der Waals surface area contributed by atoms with Gasteiger partial charge in [-0.05, 0) is 36.5 Å². The molecule has 1 aromatic carbocycles. The second kappa shape index (κ2) is 8.09. The van der Waals surface area contributed by atoms with Crippen molar-refractivity contribution in [2.75, 3.05) is 6.54 Å². The van der Waals surface area contributed by atoms with Gasteiger partial charge in [0.1, 0.15) is 5.82 Å². The number of rotatable bonds is 9. The minimum Gasteiger partial charge on any atom is -0.481 e. The first-order chi connectivity index (χ1) is 9.78. The Morgan fingerprint density at radius 3 is 2.48 bits per heavy atom. The van der Waals surface area contributed by atoms with E-state index in [-0.39, 0.29) is 24.6 Å². The number of carboxylic acids is 1. The van der Waals surface area contributed by atoms with Crippen LogP contribution in [0.5, 0.6) is 0 Å². The Hall–Kier alpha value is -1.47. The maximum Gasteiger partial charge on any atom is 0.303 e. The van der Waals surface area contributed by atoms with Gasteiger partial charge in [-0.1, -0.05) is 19.1 Å². The summed E-state index contributed by atoms with van der Waals surface area (Å²) < 4.78 is 38.9. The maximum atomic E-state index is 12.7. The van der Waals surface area contributed by atoms with Gasteiger partial charge in [0.25, 0.3) is 0 Å².